The summed E-state index contributed by atoms with van der Waals surface area (Å²) < 4.78 is 38.5. The minimum atomic E-state index is -0.346. The minimum Gasteiger partial charge on any atom is -0.454 e. The van der Waals surface area contributed by atoms with Gasteiger partial charge in [0, 0.05) is 22.9 Å². The normalized spacial score (nSPS) is 11.8. The van der Waals surface area contributed by atoms with Crippen LogP contribution >= 0.6 is 0 Å². The van der Waals surface area contributed by atoms with E-state index >= 15 is 4.39 Å². The molecule has 0 unspecified atom stereocenters. The number of aryl methyl sites for hydroxylation is 2. The molecule has 2 aromatic heterocycles. The third kappa shape index (κ3) is 3.19. The molecular formula is C33H22F2NO+. The van der Waals surface area contributed by atoms with Crippen molar-refractivity contribution in [3.63, 3.8) is 0 Å². The van der Waals surface area contributed by atoms with Crippen LogP contribution in [0.3, 0.4) is 0 Å². The van der Waals surface area contributed by atoms with Crippen molar-refractivity contribution in [3.8, 4) is 22.4 Å². The average Bonchev–Trinajstić information content (AvgIpc) is 3.28. The SMILES string of the molecule is Cc1ccc2c(oc3c(-c4cc5ccccc5c5ccccc45)c(F)ccc32)c1-c1cc(F)cc[n+]1C. The van der Waals surface area contributed by atoms with Gasteiger partial charge in [0.15, 0.2) is 6.20 Å². The molecule has 7 rings (SSSR count). The van der Waals surface area contributed by atoms with Crippen molar-refractivity contribution in [3.05, 3.63) is 114 Å². The fraction of sp³-hybridized carbons (Fsp3) is 0.0606. The summed E-state index contributed by atoms with van der Waals surface area (Å²) in [6.07, 6.45) is 1.69. The molecule has 0 aliphatic carbocycles. The van der Waals surface area contributed by atoms with Crippen LogP contribution in [0.25, 0.3) is 65.9 Å². The van der Waals surface area contributed by atoms with Crippen LogP contribution in [0, 0.1) is 18.6 Å². The second kappa shape index (κ2) is 7.97. The molecule has 4 heteroatoms. The number of benzene rings is 5. The van der Waals surface area contributed by atoms with Gasteiger partial charge in [-0.25, -0.2) is 13.3 Å². The molecule has 0 radical (unpaired) electrons. The zero-order valence-electron chi connectivity index (χ0n) is 20.3. The van der Waals surface area contributed by atoms with Crippen LogP contribution in [0.1, 0.15) is 5.56 Å². The van der Waals surface area contributed by atoms with E-state index < -0.39 is 0 Å². The molecular weight excluding hydrogens is 464 g/mol. The van der Waals surface area contributed by atoms with Crippen LogP contribution in [0.2, 0.25) is 0 Å². The van der Waals surface area contributed by atoms with Gasteiger partial charge in [0.05, 0.1) is 11.1 Å². The Morgan fingerprint density at radius 2 is 1.32 bits per heavy atom. The number of nitrogens with zero attached hydrogens (tertiary/aromatic N) is 1. The van der Waals surface area contributed by atoms with Gasteiger partial charge < -0.3 is 4.42 Å². The summed E-state index contributed by atoms with van der Waals surface area (Å²) in [7, 11) is 1.88. The molecule has 0 aliphatic rings. The Morgan fingerprint density at radius 1 is 0.649 bits per heavy atom. The molecule has 2 heterocycles. The van der Waals surface area contributed by atoms with E-state index in [9.17, 15) is 4.39 Å². The first-order valence-corrected chi connectivity index (χ1v) is 12.2. The van der Waals surface area contributed by atoms with E-state index in [4.69, 9.17) is 4.42 Å². The molecule has 0 saturated carbocycles. The van der Waals surface area contributed by atoms with Gasteiger partial charge in [0.1, 0.15) is 29.8 Å². The van der Waals surface area contributed by atoms with Crippen LogP contribution in [0.15, 0.2) is 102 Å². The number of furan rings is 1. The predicted octanol–water partition coefficient (Wildman–Crippen LogP) is 8.64. The van der Waals surface area contributed by atoms with Crippen LogP contribution in [0.4, 0.5) is 8.78 Å². The van der Waals surface area contributed by atoms with Gasteiger partial charge in [0.25, 0.3) is 0 Å². The molecule has 2 nitrogen and oxygen atoms in total. The Bertz CT molecular complexity index is 2040. The molecule has 0 N–H and O–H groups in total. The highest BCUT2D eigenvalue weighted by molar-refractivity contribution is 6.18. The highest BCUT2D eigenvalue weighted by atomic mass is 19.1. The molecule has 0 atom stereocenters. The minimum absolute atomic E-state index is 0.324. The van der Waals surface area contributed by atoms with Gasteiger partial charge in [-0.3, -0.25) is 0 Å². The largest absolute Gasteiger partial charge is 0.454 e. The van der Waals surface area contributed by atoms with Crippen LogP contribution < -0.4 is 4.57 Å². The van der Waals surface area contributed by atoms with Crippen molar-refractivity contribution in [2.75, 3.05) is 0 Å². The first kappa shape index (κ1) is 21.7. The lowest BCUT2D eigenvalue weighted by molar-refractivity contribution is -0.660. The lowest BCUT2D eigenvalue weighted by atomic mass is 9.92. The van der Waals surface area contributed by atoms with Crippen molar-refractivity contribution >= 4 is 43.5 Å². The highest BCUT2D eigenvalue weighted by Gasteiger charge is 2.24. The number of hydrogen-bond acceptors (Lipinski definition) is 1. The zero-order chi connectivity index (χ0) is 25.3. The van der Waals surface area contributed by atoms with Crippen molar-refractivity contribution in [1.29, 1.82) is 0 Å². The fourth-order valence-corrected chi connectivity index (χ4v) is 5.60. The fourth-order valence-electron chi connectivity index (χ4n) is 5.60. The van der Waals surface area contributed by atoms with E-state index in [-0.39, 0.29) is 11.6 Å². The second-order valence-corrected chi connectivity index (χ2v) is 9.57. The number of halogens is 2. The summed E-state index contributed by atoms with van der Waals surface area (Å²) in [5, 5.41) is 5.87. The molecule has 0 aliphatic heterocycles. The summed E-state index contributed by atoms with van der Waals surface area (Å²) in [5.74, 6) is -0.670. The number of rotatable bonds is 2. The molecule has 37 heavy (non-hydrogen) atoms. The first-order chi connectivity index (χ1) is 18.0. The van der Waals surface area contributed by atoms with E-state index in [0.717, 1.165) is 49.0 Å². The van der Waals surface area contributed by atoms with E-state index in [2.05, 4.69) is 12.1 Å². The topological polar surface area (TPSA) is 17.0 Å². The number of pyridine rings is 1. The summed E-state index contributed by atoms with van der Waals surface area (Å²) in [6, 6.07) is 28.5. The van der Waals surface area contributed by atoms with Crippen LogP contribution in [-0.2, 0) is 7.05 Å². The van der Waals surface area contributed by atoms with Gasteiger partial charge in [-0.15, -0.1) is 0 Å². The lowest BCUT2D eigenvalue weighted by Gasteiger charge is -2.12. The van der Waals surface area contributed by atoms with E-state index in [1.54, 1.807) is 12.3 Å². The van der Waals surface area contributed by atoms with E-state index in [1.165, 1.54) is 18.2 Å². The molecule has 178 valence electrons. The summed E-state index contributed by atoms with van der Waals surface area (Å²) in [6.45, 7) is 1.98. The van der Waals surface area contributed by atoms with Crippen molar-refractivity contribution in [2.24, 2.45) is 7.05 Å². The molecule has 0 spiro atoms. The highest BCUT2D eigenvalue weighted by Crippen LogP contribution is 2.44. The third-order valence-electron chi connectivity index (χ3n) is 7.37. The monoisotopic (exact) mass is 486 g/mol. The standard InChI is InChI=1S/C33H22F2NO/c1-19-11-12-25-26-13-14-28(35)31(33(26)37-32(25)30(19)29-18-21(34)15-16-36(29)2)27-17-20-7-3-4-8-22(20)23-9-5-6-10-24(23)27/h3-18H,1-2H3/q+1. The molecule has 5 aromatic carbocycles. The van der Waals surface area contributed by atoms with E-state index in [1.807, 2.05) is 73.1 Å². The first-order valence-electron chi connectivity index (χ1n) is 12.2. The number of hydrogen-bond donors (Lipinski definition) is 0. The maximum Gasteiger partial charge on any atom is 0.219 e. The molecule has 0 saturated heterocycles. The smallest absolute Gasteiger partial charge is 0.219 e. The summed E-state index contributed by atoms with van der Waals surface area (Å²) in [4.78, 5) is 0. The van der Waals surface area contributed by atoms with Crippen LogP contribution in [-0.4, -0.2) is 0 Å². The van der Waals surface area contributed by atoms with Crippen molar-refractivity contribution in [2.45, 2.75) is 6.92 Å². The Labute approximate surface area is 212 Å². The average molecular weight is 487 g/mol. The Kier molecular flexibility index (Phi) is 4.67. The molecule has 0 fully saturated rings. The van der Waals surface area contributed by atoms with Gasteiger partial charge in [-0.2, -0.15) is 0 Å². The Balaban J connectivity index is 1.63. The Morgan fingerprint density at radius 3 is 2.14 bits per heavy atom. The van der Waals surface area contributed by atoms with Gasteiger partial charge in [0.2, 0.25) is 5.69 Å². The molecule has 0 amide bonds. The summed E-state index contributed by atoms with van der Waals surface area (Å²) in [5.41, 5.74) is 4.76. The number of aromatic nitrogens is 1. The Hall–Kier alpha value is -4.57. The maximum absolute atomic E-state index is 15.8. The van der Waals surface area contributed by atoms with Gasteiger partial charge in [-0.05, 0) is 57.8 Å². The second-order valence-electron chi connectivity index (χ2n) is 9.57. The van der Waals surface area contributed by atoms with E-state index in [0.29, 0.717) is 22.4 Å². The van der Waals surface area contributed by atoms with Crippen molar-refractivity contribution < 1.29 is 17.8 Å². The van der Waals surface area contributed by atoms with Gasteiger partial charge >= 0.3 is 0 Å². The molecule has 0 bridgehead atoms. The van der Waals surface area contributed by atoms with Crippen LogP contribution in [0.5, 0.6) is 0 Å². The van der Waals surface area contributed by atoms with Crippen molar-refractivity contribution in [1.82, 2.24) is 0 Å². The van der Waals surface area contributed by atoms with Gasteiger partial charge in [-0.1, -0.05) is 60.7 Å². The molecule has 7 aromatic rings. The third-order valence-corrected chi connectivity index (χ3v) is 7.37. The zero-order valence-corrected chi connectivity index (χ0v) is 20.3. The lowest BCUT2D eigenvalue weighted by Crippen LogP contribution is -2.30. The predicted molar refractivity (Wildman–Crippen MR) is 145 cm³/mol. The maximum atomic E-state index is 15.8. The number of fused-ring (bicyclic) bond motifs is 6. The summed E-state index contributed by atoms with van der Waals surface area (Å²) >= 11 is 0. The quantitative estimate of drug-likeness (QED) is 0.177.